The van der Waals surface area contributed by atoms with E-state index in [1.165, 1.54) is 25.7 Å². The summed E-state index contributed by atoms with van der Waals surface area (Å²) in [6, 6.07) is 7.85. The Bertz CT molecular complexity index is 579. The van der Waals surface area contributed by atoms with Crippen LogP contribution in [0.15, 0.2) is 24.3 Å². The molecule has 1 unspecified atom stereocenters. The van der Waals surface area contributed by atoms with Crippen molar-refractivity contribution in [2.45, 2.75) is 90.1 Å². The van der Waals surface area contributed by atoms with Crippen LogP contribution in [0.3, 0.4) is 0 Å². The minimum Gasteiger partial charge on any atom is -0.385 e. The summed E-state index contributed by atoms with van der Waals surface area (Å²) < 4.78 is 0. The van der Waals surface area contributed by atoms with Crippen molar-refractivity contribution in [2.24, 2.45) is 5.92 Å². The van der Waals surface area contributed by atoms with E-state index >= 15 is 0 Å². The molecule has 3 heteroatoms. The van der Waals surface area contributed by atoms with Crippen LogP contribution in [0.4, 0.5) is 0 Å². The number of fused-ring (bicyclic) bond motifs is 1. The largest absolute Gasteiger partial charge is 0.385 e. The van der Waals surface area contributed by atoms with Gasteiger partial charge in [0.15, 0.2) is 11.6 Å². The molecule has 0 radical (unpaired) electrons. The van der Waals surface area contributed by atoms with Crippen LogP contribution in [0.1, 0.15) is 93.5 Å². The van der Waals surface area contributed by atoms with Gasteiger partial charge < -0.3 is 5.11 Å². The Morgan fingerprint density at radius 2 is 1.73 bits per heavy atom. The third-order valence-electron chi connectivity index (χ3n) is 5.56. The van der Waals surface area contributed by atoms with E-state index in [0.29, 0.717) is 6.42 Å². The van der Waals surface area contributed by atoms with Crippen LogP contribution >= 0.6 is 0 Å². The van der Waals surface area contributed by atoms with Crippen molar-refractivity contribution in [1.82, 2.24) is 0 Å². The molecule has 0 aromatic heterocycles. The number of carbonyl (C=O) groups excluding carboxylic acids is 2. The second-order valence-corrected chi connectivity index (χ2v) is 7.72. The third-order valence-corrected chi connectivity index (χ3v) is 5.56. The smallest absolute Gasteiger partial charge is 0.163 e. The van der Waals surface area contributed by atoms with Crippen LogP contribution in [0.5, 0.6) is 0 Å². The number of rotatable bonds is 4. The van der Waals surface area contributed by atoms with Crippen molar-refractivity contribution in [3.63, 3.8) is 0 Å². The number of ketones is 2. The van der Waals surface area contributed by atoms with Gasteiger partial charge in [0.2, 0.25) is 0 Å². The molecule has 0 bridgehead atoms. The molecular weight excluding hydrogens is 324 g/mol. The number of aliphatic hydroxyl groups is 1. The van der Waals surface area contributed by atoms with Gasteiger partial charge in [-0.1, -0.05) is 69.7 Å². The Labute approximate surface area is 158 Å². The van der Waals surface area contributed by atoms with Crippen LogP contribution in [0, 0.1) is 5.92 Å². The number of Topliss-reactive ketones (excluding diaryl/α,β-unsaturated/α-hetero) is 2. The maximum Gasteiger partial charge on any atom is 0.163 e. The highest BCUT2D eigenvalue weighted by atomic mass is 16.3. The fourth-order valence-electron chi connectivity index (χ4n) is 3.99. The molecule has 2 rings (SSSR count). The number of aryl methyl sites for hydroxylation is 1. The first-order valence-electron chi connectivity index (χ1n) is 10.5. The summed E-state index contributed by atoms with van der Waals surface area (Å²) in [5.74, 6) is -0.289. The van der Waals surface area contributed by atoms with E-state index in [-0.39, 0.29) is 23.9 Å². The molecule has 0 heterocycles. The van der Waals surface area contributed by atoms with Crippen molar-refractivity contribution in [3.8, 4) is 0 Å². The van der Waals surface area contributed by atoms with E-state index in [4.69, 9.17) is 0 Å². The highest BCUT2D eigenvalue weighted by Crippen LogP contribution is 2.25. The maximum atomic E-state index is 12.9. The average molecular weight is 359 g/mol. The van der Waals surface area contributed by atoms with Gasteiger partial charge in [0.05, 0.1) is 0 Å². The lowest BCUT2D eigenvalue weighted by atomic mass is 9.84. The molecule has 0 aliphatic heterocycles. The lowest BCUT2D eigenvalue weighted by Gasteiger charge is -2.22. The summed E-state index contributed by atoms with van der Waals surface area (Å²) in [5, 5.41) is 10.5. The monoisotopic (exact) mass is 358 g/mol. The van der Waals surface area contributed by atoms with Gasteiger partial charge in [0.25, 0.3) is 0 Å². The summed E-state index contributed by atoms with van der Waals surface area (Å²) in [5.41, 5.74) is 1.90. The van der Waals surface area contributed by atoms with Crippen LogP contribution in [0.2, 0.25) is 0 Å². The van der Waals surface area contributed by atoms with E-state index in [0.717, 1.165) is 49.7 Å². The predicted molar refractivity (Wildman–Crippen MR) is 105 cm³/mol. The molecule has 26 heavy (non-hydrogen) atoms. The van der Waals surface area contributed by atoms with Gasteiger partial charge in [0, 0.05) is 18.4 Å². The second-order valence-electron chi connectivity index (χ2n) is 7.72. The van der Waals surface area contributed by atoms with Gasteiger partial charge in [0.1, 0.15) is 6.10 Å². The second kappa shape index (κ2) is 11.3. The summed E-state index contributed by atoms with van der Waals surface area (Å²) in [6.45, 7) is 1.94. The number of benzene rings is 1. The van der Waals surface area contributed by atoms with Gasteiger partial charge in [-0.2, -0.15) is 0 Å². The first kappa shape index (κ1) is 20.8. The molecule has 1 aliphatic carbocycles. The van der Waals surface area contributed by atoms with Crippen molar-refractivity contribution in [1.29, 1.82) is 0 Å². The third kappa shape index (κ3) is 6.35. The normalized spacial score (nSPS) is 21.5. The van der Waals surface area contributed by atoms with E-state index in [9.17, 15) is 14.7 Å². The molecule has 0 amide bonds. The lowest BCUT2D eigenvalue weighted by molar-refractivity contribution is -0.129. The summed E-state index contributed by atoms with van der Waals surface area (Å²) in [7, 11) is 0. The standard InChI is InChI=1S/C23H34O3/c1-2-12-21(24)23(26)19-15-9-7-5-3-4-6-8-13-18-14-10-11-16-20(18)22(25)17-19/h10-11,14,16,19,23,26H,2-9,12-13,15,17H2,1H3/t19-,23?/m1/s1. The van der Waals surface area contributed by atoms with E-state index < -0.39 is 6.10 Å². The van der Waals surface area contributed by atoms with Crippen molar-refractivity contribution in [3.05, 3.63) is 35.4 Å². The highest BCUT2D eigenvalue weighted by Gasteiger charge is 2.28. The molecule has 0 fully saturated rings. The SMILES string of the molecule is CCCC(=O)C(O)[C@@H]1CCCCCCCCCc2ccccc2C(=O)C1. The van der Waals surface area contributed by atoms with Crippen LogP contribution in [-0.2, 0) is 11.2 Å². The Balaban J connectivity index is 2.17. The summed E-state index contributed by atoms with van der Waals surface area (Å²) >= 11 is 0. The molecular formula is C23H34O3. The zero-order chi connectivity index (χ0) is 18.8. The Morgan fingerprint density at radius 3 is 2.46 bits per heavy atom. The molecule has 0 saturated carbocycles. The number of hydrogen-bond donors (Lipinski definition) is 1. The van der Waals surface area contributed by atoms with Gasteiger partial charge in [-0.25, -0.2) is 0 Å². The minimum atomic E-state index is -1.00. The topological polar surface area (TPSA) is 54.4 Å². The van der Waals surface area contributed by atoms with Crippen molar-refractivity contribution in [2.75, 3.05) is 0 Å². The molecule has 0 spiro atoms. The van der Waals surface area contributed by atoms with Crippen LogP contribution in [0.25, 0.3) is 0 Å². The Hall–Kier alpha value is -1.48. The fourth-order valence-corrected chi connectivity index (χ4v) is 3.99. The quantitative estimate of drug-likeness (QED) is 0.796. The van der Waals surface area contributed by atoms with Crippen molar-refractivity contribution >= 4 is 11.6 Å². The van der Waals surface area contributed by atoms with Crippen LogP contribution < -0.4 is 0 Å². The molecule has 1 N–H and O–H groups in total. The highest BCUT2D eigenvalue weighted by molar-refractivity contribution is 5.98. The van der Waals surface area contributed by atoms with E-state index in [1.54, 1.807) is 0 Å². The molecule has 1 aliphatic rings. The number of carbonyl (C=O) groups is 2. The van der Waals surface area contributed by atoms with Gasteiger partial charge in [-0.15, -0.1) is 0 Å². The summed E-state index contributed by atoms with van der Waals surface area (Å²) in [6.07, 6.45) is 10.2. The number of aliphatic hydroxyl groups excluding tert-OH is 1. The molecule has 1 aromatic rings. The zero-order valence-corrected chi connectivity index (χ0v) is 16.2. The fraction of sp³-hybridized carbons (Fsp3) is 0.652. The first-order chi connectivity index (χ1) is 12.6. The molecule has 2 atom stereocenters. The lowest BCUT2D eigenvalue weighted by Crippen LogP contribution is -2.31. The molecule has 3 nitrogen and oxygen atoms in total. The van der Waals surface area contributed by atoms with Gasteiger partial charge in [-0.05, 0) is 37.2 Å². The van der Waals surface area contributed by atoms with Gasteiger partial charge in [-0.3, -0.25) is 9.59 Å². The van der Waals surface area contributed by atoms with E-state index in [1.807, 2.05) is 31.2 Å². The summed E-state index contributed by atoms with van der Waals surface area (Å²) in [4.78, 5) is 25.2. The zero-order valence-electron chi connectivity index (χ0n) is 16.2. The number of hydrogen-bond acceptors (Lipinski definition) is 3. The first-order valence-corrected chi connectivity index (χ1v) is 10.5. The molecule has 1 aromatic carbocycles. The minimum absolute atomic E-state index is 0.0750. The van der Waals surface area contributed by atoms with Gasteiger partial charge >= 0.3 is 0 Å². The van der Waals surface area contributed by atoms with Crippen LogP contribution in [-0.4, -0.2) is 22.8 Å². The maximum absolute atomic E-state index is 12.9. The molecule has 144 valence electrons. The average Bonchev–Trinajstić information content (AvgIpc) is 2.65. The van der Waals surface area contributed by atoms with E-state index in [2.05, 4.69) is 0 Å². The molecule has 0 saturated heterocycles. The predicted octanol–water partition coefficient (Wildman–Crippen LogP) is 5.28. The Morgan fingerprint density at radius 1 is 1.08 bits per heavy atom. The Kier molecular flexibility index (Phi) is 9.04. The van der Waals surface area contributed by atoms with Crippen molar-refractivity contribution < 1.29 is 14.7 Å².